The quantitative estimate of drug-likeness (QED) is 0.428. The van der Waals surface area contributed by atoms with E-state index in [9.17, 15) is 13.6 Å². The Balaban J connectivity index is 3.21. The maximum atomic E-state index is 13.1. The van der Waals surface area contributed by atoms with E-state index < -0.39 is 11.6 Å². The fraction of sp³-hybridized carbons (Fsp3) is 0.100. The number of hydrogen-bond donors (Lipinski definition) is 1. The molecule has 0 heterocycles. The summed E-state index contributed by atoms with van der Waals surface area (Å²) in [5.74, 6) is 3.67. The summed E-state index contributed by atoms with van der Waals surface area (Å²) in [5.41, 5.74) is -0.374. The molecule has 0 N–H and O–H groups in total. The molecule has 0 aliphatic heterocycles. The molecule has 0 aromatic heterocycles. The van der Waals surface area contributed by atoms with Crippen molar-refractivity contribution in [3.8, 4) is 11.8 Å². The standard InChI is InChI=1S/C10H6F2OS/c11-9-5-8(6-13)10(12)4-7(9)2-1-3-14/h4-6,14H,3H2. The van der Waals surface area contributed by atoms with Crippen molar-refractivity contribution in [3.05, 3.63) is 34.9 Å². The van der Waals surface area contributed by atoms with Gasteiger partial charge in [-0.3, -0.25) is 4.79 Å². The van der Waals surface area contributed by atoms with Crippen molar-refractivity contribution in [3.63, 3.8) is 0 Å². The minimum absolute atomic E-state index is 0.0675. The van der Waals surface area contributed by atoms with Gasteiger partial charge in [-0.05, 0) is 12.1 Å². The van der Waals surface area contributed by atoms with Crippen molar-refractivity contribution in [1.29, 1.82) is 0 Å². The summed E-state index contributed by atoms with van der Waals surface area (Å²) in [6.07, 6.45) is 0.258. The number of aldehydes is 1. The number of hydrogen-bond acceptors (Lipinski definition) is 2. The van der Waals surface area contributed by atoms with Crippen LogP contribution in [-0.2, 0) is 0 Å². The Morgan fingerprint density at radius 1 is 1.36 bits per heavy atom. The van der Waals surface area contributed by atoms with Crippen LogP contribution in [0, 0.1) is 23.5 Å². The topological polar surface area (TPSA) is 17.1 Å². The lowest BCUT2D eigenvalue weighted by atomic mass is 10.1. The van der Waals surface area contributed by atoms with Crippen molar-refractivity contribution in [2.24, 2.45) is 0 Å². The predicted octanol–water partition coefficient (Wildman–Crippen LogP) is 2.06. The van der Waals surface area contributed by atoms with E-state index in [4.69, 9.17) is 0 Å². The van der Waals surface area contributed by atoms with Crippen molar-refractivity contribution >= 4 is 18.9 Å². The fourth-order valence-corrected chi connectivity index (χ4v) is 0.962. The number of benzene rings is 1. The minimum atomic E-state index is -0.773. The number of rotatable bonds is 1. The molecule has 1 aromatic carbocycles. The summed E-state index contributed by atoms with van der Waals surface area (Å²) >= 11 is 3.80. The molecule has 0 radical (unpaired) electrons. The van der Waals surface area contributed by atoms with Gasteiger partial charge in [0.15, 0.2) is 6.29 Å². The molecular weight excluding hydrogens is 206 g/mol. The summed E-state index contributed by atoms with van der Waals surface area (Å²) in [5, 5.41) is 0. The molecule has 0 atom stereocenters. The van der Waals surface area contributed by atoms with Gasteiger partial charge in [-0.2, -0.15) is 12.6 Å². The van der Waals surface area contributed by atoms with Gasteiger partial charge >= 0.3 is 0 Å². The second-order valence-electron chi connectivity index (χ2n) is 2.43. The van der Waals surface area contributed by atoms with Crippen LogP contribution in [0.15, 0.2) is 12.1 Å². The second-order valence-corrected chi connectivity index (χ2v) is 2.75. The van der Waals surface area contributed by atoms with Crippen LogP contribution >= 0.6 is 12.6 Å². The second kappa shape index (κ2) is 4.77. The first kappa shape index (κ1) is 10.7. The van der Waals surface area contributed by atoms with Gasteiger partial charge in [0.05, 0.1) is 16.9 Å². The van der Waals surface area contributed by atoms with Crippen molar-refractivity contribution < 1.29 is 13.6 Å². The number of thiol groups is 1. The van der Waals surface area contributed by atoms with E-state index in [1.807, 2.05) is 0 Å². The van der Waals surface area contributed by atoms with Crippen LogP contribution in [-0.4, -0.2) is 12.0 Å². The summed E-state index contributed by atoms with van der Waals surface area (Å²) in [6.45, 7) is 0. The average molecular weight is 212 g/mol. The van der Waals surface area contributed by atoms with Crippen LogP contribution in [0.5, 0.6) is 0 Å². The molecule has 0 saturated carbocycles. The van der Waals surface area contributed by atoms with Gasteiger partial charge in [-0.15, -0.1) is 0 Å². The highest BCUT2D eigenvalue weighted by Crippen LogP contribution is 2.12. The molecule has 0 aliphatic carbocycles. The molecule has 0 spiro atoms. The number of carbonyl (C=O) groups is 1. The summed E-state index contributed by atoms with van der Waals surface area (Å²) in [6, 6.07) is 1.72. The molecule has 4 heteroatoms. The zero-order valence-electron chi connectivity index (χ0n) is 7.05. The lowest BCUT2D eigenvalue weighted by Crippen LogP contribution is -1.93. The van der Waals surface area contributed by atoms with Gasteiger partial charge in [-0.25, -0.2) is 8.78 Å². The zero-order chi connectivity index (χ0) is 10.6. The maximum absolute atomic E-state index is 13.1. The van der Waals surface area contributed by atoms with Crippen LogP contribution in [0.2, 0.25) is 0 Å². The lowest BCUT2D eigenvalue weighted by Gasteiger charge is -1.97. The van der Waals surface area contributed by atoms with Crippen LogP contribution in [0.4, 0.5) is 8.78 Å². The molecule has 0 bridgehead atoms. The van der Waals surface area contributed by atoms with Crippen LogP contribution in [0.25, 0.3) is 0 Å². The Bertz CT molecular complexity index is 418. The number of halogens is 2. The van der Waals surface area contributed by atoms with Gasteiger partial charge in [0.1, 0.15) is 11.6 Å². The van der Waals surface area contributed by atoms with Crippen molar-refractivity contribution in [2.75, 3.05) is 5.75 Å². The smallest absolute Gasteiger partial charge is 0.153 e. The molecule has 0 saturated heterocycles. The third-order valence-corrected chi connectivity index (χ3v) is 1.67. The zero-order valence-corrected chi connectivity index (χ0v) is 7.94. The maximum Gasteiger partial charge on any atom is 0.153 e. The fourth-order valence-electron chi connectivity index (χ4n) is 0.883. The molecule has 14 heavy (non-hydrogen) atoms. The van der Waals surface area contributed by atoms with Crippen LogP contribution < -0.4 is 0 Å². The van der Waals surface area contributed by atoms with E-state index in [1.165, 1.54) is 0 Å². The van der Waals surface area contributed by atoms with E-state index in [0.717, 1.165) is 12.1 Å². The predicted molar refractivity (Wildman–Crippen MR) is 52.5 cm³/mol. The molecule has 0 unspecified atom stereocenters. The van der Waals surface area contributed by atoms with Gasteiger partial charge in [-0.1, -0.05) is 11.8 Å². The van der Waals surface area contributed by atoms with E-state index in [2.05, 4.69) is 24.5 Å². The SMILES string of the molecule is O=Cc1cc(F)c(C#CCS)cc1F. The van der Waals surface area contributed by atoms with Gasteiger partial charge in [0, 0.05) is 0 Å². The Morgan fingerprint density at radius 2 is 2.07 bits per heavy atom. The first-order valence-corrected chi connectivity index (χ1v) is 4.36. The lowest BCUT2D eigenvalue weighted by molar-refractivity contribution is 0.111. The summed E-state index contributed by atoms with van der Waals surface area (Å²) < 4.78 is 26.1. The van der Waals surface area contributed by atoms with E-state index in [0.29, 0.717) is 0 Å². The van der Waals surface area contributed by atoms with Crippen LogP contribution in [0.1, 0.15) is 15.9 Å². The largest absolute Gasteiger partial charge is 0.298 e. The molecule has 0 aliphatic rings. The first-order chi connectivity index (χ1) is 6.69. The molecule has 72 valence electrons. The monoisotopic (exact) mass is 212 g/mol. The van der Waals surface area contributed by atoms with Crippen molar-refractivity contribution in [1.82, 2.24) is 0 Å². The molecular formula is C10H6F2OS. The molecule has 0 amide bonds. The average Bonchev–Trinajstić information content (AvgIpc) is 2.18. The van der Waals surface area contributed by atoms with Crippen LogP contribution in [0.3, 0.4) is 0 Å². The third kappa shape index (κ3) is 2.33. The molecule has 0 fully saturated rings. The Labute approximate surface area is 85.5 Å². The van der Waals surface area contributed by atoms with Gasteiger partial charge in [0.25, 0.3) is 0 Å². The highest BCUT2D eigenvalue weighted by Gasteiger charge is 2.07. The Morgan fingerprint density at radius 3 is 2.64 bits per heavy atom. The molecule has 1 aromatic rings. The molecule has 1 nitrogen and oxygen atoms in total. The Hall–Kier alpha value is -1.34. The van der Waals surface area contributed by atoms with E-state index in [-0.39, 0.29) is 23.2 Å². The van der Waals surface area contributed by atoms with Gasteiger partial charge in [0.2, 0.25) is 0 Å². The highest BCUT2D eigenvalue weighted by atomic mass is 32.1. The van der Waals surface area contributed by atoms with Crippen molar-refractivity contribution in [2.45, 2.75) is 0 Å². The van der Waals surface area contributed by atoms with Gasteiger partial charge < -0.3 is 0 Å². The summed E-state index contributed by atoms with van der Waals surface area (Å²) in [7, 11) is 0. The Kier molecular flexibility index (Phi) is 3.66. The number of carbonyl (C=O) groups excluding carboxylic acids is 1. The minimum Gasteiger partial charge on any atom is -0.298 e. The highest BCUT2D eigenvalue weighted by molar-refractivity contribution is 7.80. The van der Waals surface area contributed by atoms with E-state index in [1.54, 1.807) is 0 Å². The summed E-state index contributed by atoms with van der Waals surface area (Å²) in [4.78, 5) is 10.2. The normalized spacial score (nSPS) is 9.07. The van der Waals surface area contributed by atoms with E-state index >= 15 is 0 Å². The first-order valence-electron chi connectivity index (χ1n) is 3.73. The third-order valence-electron chi connectivity index (χ3n) is 1.52. The molecule has 1 rings (SSSR count).